The maximum absolute atomic E-state index is 12.8. The Labute approximate surface area is 103 Å². The lowest BCUT2D eigenvalue weighted by molar-refractivity contribution is -0.141. The minimum Gasteiger partial charge on any atom is -0.342 e. The van der Waals surface area contributed by atoms with E-state index in [1.807, 2.05) is 25.7 Å². The van der Waals surface area contributed by atoms with Gasteiger partial charge in [-0.15, -0.1) is 0 Å². The summed E-state index contributed by atoms with van der Waals surface area (Å²) in [6, 6.07) is 0.492. The molecule has 0 N–H and O–H groups in total. The average Bonchev–Trinajstić information content (AvgIpc) is 2.23. The van der Waals surface area contributed by atoms with Crippen molar-refractivity contribution >= 4 is 5.91 Å². The summed E-state index contributed by atoms with van der Waals surface area (Å²) >= 11 is 0. The van der Waals surface area contributed by atoms with Gasteiger partial charge in [0.05, 0.1) is 0 Å². The van der Waals surface area contributed by atoms with Gasteiger partial charge in [0.25, 0.3) is 0 Å². The number of carbonyl (C=O) groups excluding carboxylic acids is 1. The van der Waals surface area contributed by atoms with Crippen LogP contribution in [0.25, 0.3) is 0 Å². The van der Waals surface area contributed by atoms with Gasteiger partial charge >= 0.3 is 0 Å². The minimum atomic E-state index is -0.621. The zero-order valence-electron chi connectivity index (χ0n) is 11.1. The maximum Gasteiger partial charge on any atom is 0.227 e. The fourth-order valence-corrected chi connectivity index (χ4v) is 2.66. The fraction of sp³-hybridized carbons (Fsp3) is 0.923. The number of piperidine rings is 1. The van der Waals surface area contributed by atoms with Gasteiger partial charge in [-0.2, -0.15) is 0 Å². The molecule has 17 heavy (non-hydrogen) atoms. The number of amides is 1. The van der Waals surface area contributed by atoms with Crippen LogP contribution >= 0.6 is 0 Å². The van der Waals surface area contributed by atoms with E-state index < -0.39 is 6.17 Å². The molecule has 0 atom stereocenters. The van der Waals surface area contributed by atoms with Gasteiger partial charge in [-0.25, -0.2) is 4.39 Å². The lowest BCUT2D eigenvalue weighted by Crippen LogP contribution is -2.57. The zero-order chi connectivity index (χ0) is 12.6. The monoisotopic (exact) mass is 242 g/mol. The number of carbonyl (C=O) groups is 1. The van der Waals surface area contributed by atoms with E-state index in [9.17, 15) is 9.18 Å². The second-order valence-electron chi connectivity index (χ2n) is 6.32. The number of hydrogen-bond acceptors (Lipinski definition) is 2. The van der Waals surface area contributed by atoms with Gasteiger partial charge in [0, 0.05) is 37.6 Å². The van der Waals surface area contributed by atoms with Crippen molar-refractivity contribution in [2.45, 2.75) is 45.8 Å². The summed E-state index contributed by atoms with van der Waals surface area (Å²) in [5.41, 5.74) is -0.284. The van der Waals surface area contributed by atoms with Crippen molar-refractivity contribution in [2.75, 3.05) is 26.2 Å². The van der Waals surface area contributed by atoms with E-state index in [-0.39, 0.29) is 11.3 Å². The average molecular weight is 242 g/mol. The predicted molar refractivity (Wildman–Crippen MR) is 65.5 cm³/mol. The Kier molecular flexibility index (Phi) is 3.43. The van der Waals surface area contributed by atoms with E-state index in [0.717, 1.165) is 25.9 Å². The highest BCUT2D eigenvalue weighted by molar-refractivity contribution is 5.81. The van der Waals surface area contributed by atoms with Crippen molar-refractivity contribution in [1.82, 2.24) is 9.80 Å². The second kappa shape index (κ2) is 4.56. The van der Waals surface area contributed by atoms with Gasteiger partial charge in [-0.3, -0.25) is 9.69 Å². The third-order valence-corrected chi connectivity index (χ3v) is 3.77. The number of alkyl halides is 1. The summed E-state index contributed by atoms with van der Waals surface area (Å²) in [6.45, 7) is 8.73. The third kappa shape index (κ3) is 2.79. The molecule has 0 aromatic rings. The molecule has 0 unspecified atom stereocenters. The van der Waals surface area contributed by atoms with Gasteiger partial charge < -0.3 is 4.90 Å². The summed E-state index contributed by atoms with van der Waals surface area (Å²) in [6.07, 6.45) is 1.37. The van der Waals surface area contributed by atoms with E-state index in [2.05, 4.69) is 4.90 Å². The van der Waals surface area contributed by atoms with Gasteiger partial charge in [0.15, 0.2) is 0 Å². The van der Waals surface area contributed by atoms with Crippen molar-refractivity contribution in [1.29, 1.82) is 0 Å². The minimum absolute atomic E-state index is 0.239. The highest BCUT2D eigenvalue weighted by Gasteiger charge is 2.36. The molecule has 0 radical (unpaired) electrons. The second-order valence-corrected chi connectivity index (χ2v) is 6.32. The number of hydrogen-bond donors (Lipinski definition) is 0. The van der Waals surface area contributed by atoms with Crippen molar-refractivity contribution in [3.05, 3.63) is 0 Å². The maximum atomic E-state index is 12.8. The molecular formula is C13H23FN2O. The largest absolute Gasteiger partial charge is 0.342 e. The van der Waals surface area contributed by atoms with Crippen LogP contribution in [0.3, 0.4) is 0 Å². The first-order chi connectivity index (χ1) is 7.88. The highest BCUT2D eigenvalue weighted by Crippen LogP contribution is 2.25. The Hall–Kier alpha value is -0.640. The van der Waals surface area contributed by atoms with Crippen molar-refractivity contribution in [2.24, 2.45) is 5.41 Å². The lowest BCUT2D eigenvalue weighted by Gasteiger charge is -2.45. The molecule has 2 fully saturated rings. The smallest absolute Gasteiger partial charge is 0.227 e. The molecule has 0 aromatic carbocycles. The summed E-state index contributed by atoms with van der Waals surface area (Å²) in [5.74, 6) is 0.239. The van der Waals surface area contributed by atoms with Gasteiger partial charge in [0.2, 0.25) is 5.91 Å². The molecule has 2 aliphatic heterocycles. The van der Waals surface area contributed by atoms with Gasteiger partial charge in [0.1, 0.15) is 6.17 Å². The van der Waals surface area contributed by atoms with Crippen LogP contribution in [-0.4, -0.2) is 54.1 Å². The number of nitrogens with zero attached hydrogens (tertiary/aromatic N) is 2. The Balaban J connectivity index is 1.80. The quantitative estimate of drug-likeness (QED) is 0.698. The zero-order valence-corrected chi connectivity index (χ0v) is 11.1. The topological polar surface area (TPSA) is 23.6 Å². The summed E-state index contributed by atoms with van der Waals surface area (Å²) < 4.78 is 12.8. The molecule has 98 valence electrons. The molecule has 0 aliphatic carbocycles. The lowest BCUT2D eigenvalue weighted by atomic mass is 9.92. The van der Waals surface area contributed by atoms with Crippen LogP contribution in [0, 0.1) is 5.41 Å². The molecule has 0 aromatic heterocycles. The SMILES string of the molecule is CC(C)(C)C(=O)N1CCC(N2CC(F)C2)CC1. The first-order valence-corrected chi connectivity index (χ1v) is 6.55. The number of likely N-dealkylation sites (tertiary alicyclic amines) is 2. The summed E-state index contributed by atoms with van der Waals surface area (Å²) in [4.78, 5) is 16.3. The van der Waals surface area contributed by atoms with E-state index in [4.69, 9.17) is 0 Å². The molecule has 2 heterocycles. The fourth-order valence-electron chi connectivity index (χ4n) is 2.66. The third-order valence-electron chi connectivity index (χ3n) is 3.77. The summed E-state index contributed by atoms with van der Waals surface area (Å²) in [7, 11) is 0. The normalized spacial score (nSPS) is 24.8. The highest BCUT2D eigenvalue weighted by atomic mass is 19.1. The number of rotatable bonds is 1. The van der Waals surface area contributed by atoms with E-state index in [0.29, 0.717) is 19.1 Å². The van der Waals surface area contributed by atoms with E-state index >= 15 is 0 Å². The van der Waals surface area contributed by atoms with Crippen molar-refractivity contribution in [3.8, 4) is 0 Å². The van der Waals surface area contributed by atoms with Gasteiger partial charge in [-0.1, -0.05) is 20.8 Å². The van der Waals surface area contributed by atoms with Crippen LogP contribution in [0.15, 0.2) is 0 Å². The Morgan fingerprint density at radius 3 is 2.12 bits per heavy atom. The molecule has 0 spiro atoms. The van der Waals surface area contributed by atoms with E-state index in [1.54, 1.807) is 0 Å². The van der Waals surface area contributed by atoms with Crippen LogP contribution in [0.4, 0.5) is 4.39 Å². The van der Waals surface area contributed by atoms with Crippen LogP contribution in [0.1, 0.15) is 33.6 Å². The van der Waals surface area contributed by atoms with Crippen LogP contribution < -0.4 is 0 Å². The predicted octanol–water partition coefficient (Wildman–Crippen LogP) is 1.68. The Bertz CT molecular complexity index is 286. The molecule has 2 saturated heterocycles. The molecule has 0 saturated carbocycles. The molecule has 1 amide bonds. The first kappa shape index (κ1) is 12.8. The standard InChI is InChI=1S/C13H23FN2O/c1-13(2,3)12(17)15-6-4-11(5-7-15)16-8-10(14)9-16/h10-11H,4-9H2,1-3H3. The molecule has 2 rings (SSSR count). The molecule has 2 aliphatic rings. The molecular weight excluding hydrogens is 219 g/mol. The molecule has 3 nitrogen and oxygen atoms in total. The summed E-state index contributed by atoms with van der Waals surface area (Å²) in [5, 5.41) is 0. The van der Waals surface area contributed by atoms with E-state index in [1.165, 1.54) is 0 Å². The van der Waals surface area contributed by atoms with Crippen molar-refractivity contribution in [3.63, 3.8) is 0 Å². The van der Waals surface area contributed by atoms with Crippen LogP contribution in [-0.2, 0) is 4.79 Å². The molecule has 4 heteroatoms. The van der Waals surface area contributed by atoms with Crippen LogP contribution in [0.5, 0.6) is 0 Å². The Morgan fingerprint density at radius 1 is 1.18 bits per heavy atom. The first-order valence-electron chi connectivity index (χ1n) is 6.55. The van der Waals surface area contributed by atoms with Crippen molar-refractivity contribution < 1.29 is 9.18 Å². The Morgan fingerprint density at radius 2 is 1.71 bits per heavy atom. The molecule has 0 bridgehead atoms. The number of halogens is 1. The van der Waals surface area contributed by atoms with Crippen LogP contribution in [0.2, 0.25) is 0 Å². The van der Waals surface area contributed by atoms with Gasteiger partial charge in [-0.05, 0) is 12.8 Å².